The normalized spacial score (nSPS) is 25.6. The fraction of sp³-hybridized carbons (Fsp3) is 0.600. The van der Waals surface area contributed by atoms with Crippen molar-refractivity contribution in [3.8, 4) is 0 Å². The molecule has 0 radical (unpaired) electrons. The molecule has 1 atom stereocenters. The first-order chi connectivity index (χ1) is 10.5. The molecule has 118 valence electrons. The minimum Gasteiger partial charge on any atom is -0.371 e. The fourth-order valence-corrected chi connectivity index (χ4v) is 3.14. The number of hydrogen-bond donors (Lipinski definition) is 0. The van der Waals surface area contributed by atoms with Crippen LogP contribution in [0.15, 0.2) is 12.4 Å². The van der Waals surface area contributed by atoms with E-state index >= 15 is 0 Å². The molecule has 7 nitrogen and oxygen atoms in total. The van der Waals surface area contributed by atoms with Crippen LogP contribution >= 0.6 is 0 Å². The molecule has 7 heteroatoms. The van der Waals surface area contributed by atoms with Crippen LogP contribution in [-0.4, -0.2) is 71.5 Å². The third kappa shape index (κ3) is 2.81. The van der Waals surface area contributed by atoms with Gasteiger partial charge in [0, 0.05) is 44.5 Å². The van der Waals surface area contributed by atoms with E-state index in [2.05, 4.69) is 9.97 Å². The predicted octanol–water partition coefficient (Wildman–Crippen LogP) is 0.106. The Bertz CT molecular complexity index is 589. The van der Waals surface area contributed by atoms with Gasteiger partial charge in [0.2, 0.25) is 5.91 Å². The van der Waals surface area contributed by atoms with E-state index in [0.717, 1.165) is 6.42 Å². The molecule has 0 bridgehead atoms. The average Bonchev–Trinajstić information content (AvgIpc) is 2.85. The Labute approximate surface area is 129 Å². The van der Waals surface area contributed by atoms with Gasteiger partial charge in [-0.3, -0.25) is 9.59 Å². The minimum atomic E-state index is -0.165. The number of aryl methyl sites for hydroxylation is 1. The van der Waals surface area contributed by atoms with E-state index < -0.39 is 0 Å². The van der Waals surface area contributed by atoms with E-state index in [4.69, 9.17) is 4.74 Å². The number of ether oxygens (including phenoxy) is 1. The first kappa shape index (κ1) is 14.9. The maximum atomic E-state index is 12.5. The zero-order chi connectivity index (χ0) is 15.7. The average molecular weight is 304 g/mol. The van der Waals surface area contributed by atoms with Gasteiger partial charge in [-0.2, -0.15) is 0 Å². The van der Waals surface area contributed by atoms with Crippen LogP contribution in [0.3, 0.4) is 0 Å². The Morgan fingerprint density at radius 1 is 1.32 bits per heavy atom. The van der Waals surface area contributed by atoms with Gasteiger partial charge in [-0.25, -0.2) is 9.97 Å². The highest BCUT2D eigenvalue weighted by Crippen LogP contribution is 2.33. The largest absolute Gasteiger partial charge is 0.371 e. The molecule has 0 aliphatic carbocycles. The maximum absolute atomic E-state index is 12.5. The quantitative estimate of drug-likeness (QED) is 0.736. The molecule has 3 rings (SSSR count). The Hall–Kier alpha value is -2.02. The molecule has 2 aliphatic rings. The van der Waals surface area contributed by atoms with E-state index in [9.17, 15) is 9.59 Å². The van der Waals surface area contributed by atoms with Gasteiger partial charge in [-0.05, 0) is 13.3 Å². The van der Waals surface area contributed by atoms with Crippen LogP contribution in [0.25, 0.3) is 0 Å². The monoisotopic (exact) mass is 304 g/mol. The van der Waals surface area contributed by atoms with Gasteiger partial charge >= 0.3 is 0 Å². The number of likely N-dealkylation sites (tertiary alicyclic amines) is 1. The van der Waals surface area contributed by atoms with Crippen molar-refractivity contribution in [2.75, 3.05) is 39.9 Å². The summed E-state index contributed by atoms with van der Waals surface area (Å²) in [6, 6.07) is 0. The lowest BCUT2D eigenvalue weighted by molar-refractivity contribution is -0.132. The minimum absolute atomic E-state index is 0.00594. The van der Waals surface area contributed by atoms with Crippen molar-refractivity contribution in [2.45, 2.75) is 13.3 Å². The van der Waals surface area contributed by atoms with E-state index in [0.29, 0.717) is 37.6 Å². The number of likely N-dealkylation sites (N-methyl/N-ethyl adjacent to an activating group) is 1. The molecular weight excluding hydrogens is 284 g/mol. The molecule has 1 aromatic rings. The second-order valence-corrected chi connectivity index (χ2v) is 6.24. The Balaban J connectivity index is 1.72. The second kappa shape index (κ2) is 5.64. The van der Waals surface area contributed by atoms with Crippen LogP contribution in [0.1, 0.15) is 22.6 Å². The highest BCUT2D eigenvalue weighted by Gasteiger charge is 2.43. The van der Waals surface area contributed by atoms with E-state index in [1.165, 1.54) is 0 Å². The molecule has 3 heterocycles. The van der Waals surface area contributed by atoms with Crippen LogP contribution in [0, 0.1) is 12.3 Å². The van der Waals surface area contributed by atoms with E-state index in [-0.39, 0.29) is 23.8 Å². The number of carbonyl (C=O) groups is 2. The molecule has 0 saturated carbocycles. The molecular formula is C15H20N4O3. The molecule has 1 aromatic heterocycles. The van der Waals surface area contributed by atoms with Crippen molar-refractivity contribution in [1.29, 1.82) is 0 Å². The molecule has 22 heavy (non-hydrogen) atoms. The summed E-state index contributed by atoms with van der Waals surface area (Å²) >= 11 is 0. The maximum Gasteiger partial charge on any atom is 0.257 e. The van der Waals surface area contributed by atoms with Crippen molar-refractivity contribution in [3.05, 3.63) is 23.8 Å². The first-order valence-electron chi connectivity index (χ1n) is 7.39. The number of hydrogen-bond acceptors (Lipinski definition) is 5. The van der Waals surface area contributed by atoms with Crippen LogP contribution in [0.2, 0.25) is 0 Å². The molecule has 2 saturated heterocycles. The number of rotatable bonds is 1. The topological polar surface area (TPSA) is 75.6 Å². The summed E-state index contributed by atoms with van der Waals surface area (Å²) < 4.78 is 5.51. The smallest absolute Gasteiger partial charge is 0.257 e. The molecule has 0 N–H and O–H groups in total. The number of amides is 2. The number of nitrogens with zero attached hydrogens (tertiary/aromatic N) is 4. The van der Waals surface area contributed by atoms with E-state index in [1.54, 1.807) is 36.2 Å². The van der Waals surface area contributed by atoms with Gasteiger partial charge < -0.3 is 14.5 Å². The zero-order valence-electron chi connectivity index (χ0n) is 12.9. The van der Waals surface area contributed by atoms with Crippen molar-refractivity contribution in [3.63, 3.8) is 0 Å². The SMILES string of the molecule is Cc1ncc(C(=O)N2CCC3(COCC(=O)N(C)C3)C2)cn1. The Kier molecular flexibility index (Phi) is 3.82. The second-order valence-electron chi connectivity index (χ2n) is 6.24. The fourth-order valence-electron chi connectivity index (χ4n) is 3.14. The van der Waals surface area contributed by atoms with Gasteiger partial charge in [-0.1, -0.05) is 0 Å². The highest BCUT2D eigenvalue weighted by atomic mass is 16.5. The van der Waals surface area contributed by atoms with Gasteiger partial charge in [0.25, 0.3) is 5.91 Å². The highest BCUT2D eigenvalue weighted by molar-refractivity contribution is 5.93. The summed E-state index contributed by atoms with van der Waals surface area (Å²) in [5, 5.41) is 0. The third-order valence-electron chi connectivity index (χ3n) is 4.39. The van der Waals surface area contributed by atoms with Crippen LogP contribution in [0.5, 0.6) is 0 Å². The summed E-state index contributed by atoms with van der Waals surface area (Å²) in [6.07, 6.45) is 3.97. The predicted molar refractivity (Wildman–Crippen MR) is 78.2 cm³/mol. The lowest BCUT2D eigenvalue weighted by atomic mass is 9.88. The molecule has 0 aromatic carbocycles. The Morgan fingerprint density at radius 2 is 2.05 bits per heavy atom. The van der Waals surface area contributed by atoms with Gasteiger partial charge in [0.05, 0.1) is 12.2 Å². The lowest BCUT2D eigenvalue weighted by Crippen LogP contribution is -2.41. The lowest BCUT2D eigenvalue weighted by Gasteiger charge is -2.29. The van der Waals surface area contributed by atoms with Crippen molar-refractivity contribution >= 4 is 11.8 Å². The van der Waals surface area contributed by atoms with Crippen LogP contribution in [0.4, 0.5) is 0 Å². The summed E-state index contributed by atoms with van der Waals surface area (Å²) in [5.74, 6) is 0.579. The first-order valence-corrected chi connectivity index (χ1v) is 7.39. The molecule has 1 spiro atoms. The summed E-state index contributed by atoms with van der Waals surface area (Å²) in [6.45, 7) is 4.31. The summed E-state index contributed by atoms with van der Waals surface area (Å²) in [7, 11) is 1.79. The third-order valence-corrected chi connectivity index (χ3v) is 4.39. The van der Waals surface area contributed by atoms with Crippen LogP contribution < -0.4 is 0 Å². The molecule has 2 fully saturated rings. The summed E-state index contributed by atoms with van der Waals surface area (Å²) in [5.41, 5.74) is 0.337. The van der Waals surface area contributed by atoms with Crippen molar-refractivity contribution in [2.24, 2.45) is 5.41 Å². The van der Waals surface area contributed by atoms with Gasteiger partial charge in [0.15, 0.2) is 0 Å². The Morgan fingerprint density at radius 3 is 2.77 bits per heavy atom. The number of aromatic nitrogens is 2. The van der Waals surface area contributed by atoms with Gasteiger partial charge in [0.1, 0.15) is 12.4 Å². The van der Waals surface area contributed by atoms with Gasteiger partial charge in [-0.15, -0.1) is 0 Å². The van der Waals surface area contributed by atoms with Crippen LogP contribution in [-0.2, 0) is 9.53 Å². The van der Waals surface area contributed by atoms with Crippen molar-refractivity contribution < 1.29 is 14.3 Å². The molecule has 2 aliphatic heterocycles. The standard InChI is InChI=1S/C15H20N4O3/c1-11-16-5-12(6-17-11)14(21)19-4-3-15(9-19)8-18(2)13(20)7-22-10-15/h5-6H,3-4,7-10H2,1-2H3. The number of carbonyl (C=O) groups excluding carboxylic acids is 2. The zero-order valence-corrected chi connectivity index (χ0v) is 12.9. The van der Waals surface area contributed by atoms with Crippen molar-refractivity contribution in [1.82, 2.24) is 19.8 Å². The van der Waals surface area contributed by atoms with E-state index in [1.807, 2.05) is 0 Å². The summed E-state index contributed by atoms with van der Waals surface area (Å²) in [4.78, 5) is 35.9. The molecule has 1 unspecified atom stereocenters. The molecule has 2 amide bonds.